The van der Waals surface area contributed by atoms with Crippen molar-refractivity contribution < 1.29 is 29.2 Å². The number of carboxylic acids is 1. The number of hydrogen-bond acceptors (Lipinski definition) is 7. The molecule has 8 nitrogen and oxygen atoms in total. The van der Waals surface area contributed by atoms with Crippen molar-refractivity contribution in [3.8, 4) is 0 Å². The largest absolute Gasteiger partial charge is 0.477 e. The SMILES string of the molecule is O=C(CSc1cc(Cl)ccc1Cl)N[C@H]1C(=O)N2C(C(=O)O)=C(CSc3cc[n+](CCCCO)cc3)CS[C@H]12. The van der Waals surface area contributed by atoms with Crippen molar-refractivity contribution in [1.29, 1.82) is 0 Å². The summed E-state index contributed by atoms with van der Waals surface area (Å²) in [7, 11) is 0. The molecule has 0 aliphatic carbocycles. The van der Waals surface area contributed by atoms with Crippen molar-refractivity contribution in [2.24, 2.45) is 0 Å². The van der Waals surface area contributed by atoms with Crippen molar-refractivity contribution in [3.63, 3.8) is 0 Å². The van der Waals surface area contributed by atoms with Crippen LogP contribution in [0.4, 0.5) is 0 Å². The average molecular weight is 616 g/mol. The van der Waals surface area contributed by atoms with Gasteiger partial charge in [-0.2, -0.15) is 0 Å². The van der Waals surface area contributed by atoms with Crippen LogP contribution in [-0.4, -0.2) is 68.2 Å². The molecule has 0 unspecified atom stereocenters. The molecule has 1 aromatic carbocycles. The van der Waals surface area contributed by atoms with E-state index in [4.69, 9.17) is 28.3 Å². The second-order valence-electron chi connectivity index (χ2n) is 8.57. The minimum atomic E-state index is -1.15. The van der Waals surface area contributed by atoms with Gasteiger partial charge < -0.3 is 15.5 Å². The molecule has 1 fully saturated rings. The number of aliphatic carboxylic acids is 1. The molecule has 0 spiro atoms. The number of hydrogen-bond donors (Lipinski definition) is 3. The van der Waals surface area contributed by atoms with Gasteiger partial charge in [0.05, 0.1) is 10.8 Å². The van der Waals surface area contributed by atoms with E-state index in [0.29, 0.717) is 32.0 Å². The first-order valence-corrected chi connectivity index (χ1v) is 15.6. The van der Waals surface area contributed by atoms with E-state index in [1.54, 1.807) is 18.2 Å². The lowest BCUT2D eigenvalue weighted by Crippen LogP contribution is -2.70. The summed E-state index contributed by atoms with van der Waals surface area (Å²) in [4.78, 5) is 40.5. The standard InChI is InChI=1S/C25H25Cl2N3O5S3/c26-16-3-4-18(27)19(11-16)37-14-20(32)28-21-23(33)30-22(25(34)35)15(13-38-24(21)30)12-36-17-5-8-29(9-6-17)7-1-2-10-31/h3-6,8-9,11,21,24,31H,1-2,7,10,12-14H2,(H-,28,32,34,35)/p+1/t21-,24+/m0/s1. The zero-order valence-electron chi connectivity index (χ0n) is 20.1. The lowest BCUT2D eigenvalue weighted by atomic mass is 10.0. The van der Waals surface area contributed by atoms with Crippen LogP contribution in [-0.2, 0) is 20.9 Å². The van der Waals surface area contributed by atoms with Crippen LogP contribution >= 0.6 is 58.5 Å². The molecular formula is C25H26Cl2N3O5S3+. The average Bonchev–Trinajstić information content (AvgIpc) is 2.91. The first kappa shape index (κ1) is 29.1. The van der Waals surface area contributed by atoms with Gasteiger partial charge in [-0.25, -0.2) is 9.36 Å². The van der Waals surface area contributed by atoms with E-state index in [2.05, 4.69) is 5.32 Å². The molecule has 38 heavy (non-hydrogen) atoms. The third-order valence-electron chi connectivity index (χ3n) is 5.92. The molecule has 1 aromatic heterocycles. The fraction of sp³-hybridized carbons (Fsp3) is 0.360. The Labute approximate surface area is 243 Å². The number of β-lactam (4-membered cyclic amide) rings is 1. The van der Waals surface area contributed by atoms with Crippen LogP contribution < -0.4 is 9.88 Å². The van der Waals surface area contributed by atoms with Gasteiger partial charge in [-0.05, 0) is 30.2 Å². The Kier molecular flexibility index (Phi) is 10.3. The molecular weight excluding hydrogens is 589 g/mol. The smallest absolute Gasteiger partial charge is 0.352 e. The molecule has 3 heterocycles. The van der Waals surface area contributed by atoms with E-state index in [1.807, 2.05) is 29.1 Å². The number of carbonyl (C=O) groups is 3. The van der Waals surface area contributed by atoms with Crippen molar-refractivity contribution in [2.45, 2.75) is 40.6 Å². The number of unbranched alkanes of at least 4 members (excludes halogenated alkanes) is 1. The maximum atomic E-state index is 12.9. The number of rotatable bonds is 12. The number of fused-ring (bicyclic) bond motifs is 1. The summed E-state index contributed by atoms with van der Waals surface area (Å²) in [5, 5.41) is 22.1. The van der Waals surface area contributed by atoms with Crippen molar-refractivity contribution in [2.75, 3.05) is 23.9 Å². The second kappa shape index (κ2) is 13.5. The van der Waals surface area contributed by atoms with E-state index >= 15 is 0 Å². The lowest BCUT2D eigenvalue weighted by molar-refractivity contribution is -0.697. The molecule has 202 valence electrons. The van der Waals surface area contributed by atoms with Gasteiger partial charge in [0.25, 0.3) is 5.91 Å². The molecule has 0 bridgehead atoms. The van der Waals surface area contributed by atoms with Crippen molar-refractivity contribution >= 4 is 76.3 Å². The molecule has 13 heteroatoms. The summed E-state index contributed by atoms with van der Waals surface area (Å²) in [5.41, 5.74) is 0.680. The molecule has 2 aliphatic rings. The highest BCUT2D eigenvalue weighted by molar-refractivity contribution is 8.01. The van der Waals surface area contributed by atoms with Gasteiger partial charge in [0.15, 0.2) is 12.4 Å². The number of amides is 2. The number of aliphatic hydroxyl groups is 1. The first-order chi connectivity index (χ1) is 18.3. The Morgan fingerprint density at radius 1 is 1.16 bits per heavy atom. The number of halogens is 2. The third-order valence-corrected chi connectivity index (χ3v) is 10.1. The van der Waals surface area contributed by atoms with E-state index in [1.165, 1.54) is 40.2 Å². The molecule has 2 amide bonds. The zero-order chi connectivity index (χ0) is 27.2. The molecule has 3 N–H and O–H groups in total. The quantitative estimate of drug-likeness (QED) is 0.144. The van der Waals surface area contributed by atoms with Crippen LogP contribution in [0.2, 0.25) is 10.0 Å². The summed E-state index contributed by atoms with van der Waals surface area (Å²) >= 11 is 16.3. The highest BCUT2D eigenvalue weighted by Crippen LogP contribution is 2.41. The number of benzene rings is 1. The third kappa shape index (κ3) is 7.00. The predicted molar refractivity (Wildman–Crippen MR) is 151 cm³/mol. The highest BCUT2D eigenvalue weighted by Gasteiger charge is 2.54. The van der Waals surface area contributed by atoms with Gasteiger partial charge in [-0.3, -0.25) is 14.5 Å². The molecule has 2 aromatic rings. The van der Waals surface area contributed by atoms with Crippen molar-refractivity contribution in [1.82, 2.24) is 10.2 Å². The molecule has 0 radical (unpaired) electrons. The maximum Gasteiger partial charge on any atom is 0.352 e. The Morgan fingerprint density at radius 2 is 1.92 bits per heavy atom. The van der Waals surface area contributed by atoms with Gasteiger partial charge in [-0.15, -0.1) is 35.3 Å². The summed E-state index contributed by atoms with van der Waals surface area (Å²) in [5.74, 6) is -0.979. The molecule has 2 atom stereocenters. The fourth-order valence-corrected chi connectivity index (χ4v) is 7.68. The number of carbonyl (C=O) groups excluding carboxylic acids is 2. The van der Waals surface area contributed by atoms with Gasteiger partial charge in [0, 0.05) is 51.5 Å². The van der Waals surface area contributed by atoms with E-state index in [-0.39, 0.29) is 24.0 Å². The molecule has 1 saturated heterocycles. The number of nitrogens with zero attached hydrogens (tertiary/aromatic N) is 2. The monoisotopic (exact) mass is 614 g/mol. The zero-order valence-corrected chi connectivity index (χ0v) is 24.1. The fourth-order valence-electron chi connectivity index (χ4n) is 4.01. The highest BCUT2D eigenvalue weighted by atomic mass is 35.5. The number of aliphatic hydroxyl groups excluding tert-OH is 1. The van der Waals surface area contributed by atoms with Gasteiger partial charge in [0.1, 0.15) is 23.7 Å². The molecule has 0 saturated carbocycles. The summed E-state index contributed by atoms with van der Waals surface area (Å²) in [6.45, 7) is 0.999. The van der Waals surface area contributed by atoms with Crippen LogP contribution in [0.3, 0.4) is 0 Å². The van der Waals surface area contributed by atoms with Crippen LogP contribution in [0.1, 0.15) is 12.8 Å². The minimum absolute atomic E-state index is 0.00633. The Bertz CT molecular complexity index is 1250. The van der Waals surface area contributed by atoms with Gasteiger partial charge in [0.2, 0.25) is 5.91 Å². The minimum Gasteiger partial charge on any atom is -0.477 e. The van der Waals surface area contributed by atoms with Crippen LogP contribution in [0.5, 0.6) is 0 Å². The van der Waals surface area contributed by atoms with Gasteiger partial charge >= 0.3 is 5.97 Å². The topological polar surface area (TPSA) is 111 Å². The number of carboxylic acid groups (broad SMARTS) is 1. The summed E-state index contributed by atoms with van der Waals surface area (Å²) in [6, 6.07) is 8.15. The van der Waals surface area contributed by atoms with Crippen LogP contribution in [0, 0.1) is 0 Å². The van der Waals surface area contributed by atoms with E-state index in [0.717, 1.165) is 24.3 Å². The van der Waals surface area contributed by atoms with Crippen LogP contribution in [0.25, 0.3) is 0 Å². The first-order valence-electron chi connectivity index (χ1n) is 11.8. The number of aryl methyl sites for hydroxylation is 1. The van der Waals surface area contributed by atoms with E-state index < -0.39 is 23.3 Å². The Morgan fingerprint density at radius 3 is 2.63 bits per heavy atom. The van der Waals surface area contributed by atoms with E-state index in [9.17, 15) is 19.5 Å². The summed E-state index contributed by atoms with van der Waals surface area (Å²) in [6.07, 6.45) is 5.57. The molecule has 2 aliphatic heterocycles. The normalized spacial score (nSPS) is 18.7. The summed E-state index contributed by atoms with van der Waals surface area (Å²) < 4.78 is 2.04. The molecule has 4 rings (SSSR count). The second-order valence-corrected chi connectivity index (χ2v) is 12.6. The van der Waals surface area contributed by atoms with Crippen LogP contribution in [0.15, 0.2) is 63.8 Å². The number of nitrogens with one attached hydrogen (secondary N) is 1. The lowest BCUT2D eigenvalue weighted by Gasteiger charge is -2.49. The number of pyridine rings is 1. The predicted octanol–water partition coefficient (Wildman–Crippen LogP) is 3.68. The maximum absolute atomic E-state index is 12.9. The number of thioether (sulfide) groups is 3. The van der Waals surface area contributed by atoms with Crippen molar-refractivity contribution in [3.05, 3.63) is 64.0 Å². The Hall–Kier alpha value is -1.89. The number of aromatic nitrogens is 1. The van der Waals surface area contributed by atoms with Gasteiger partial charge in [-0.1, -0.05) is 23.2 Å². The Balaban J connectivity index is 1.34.